The molecule has 6 heteroatoms. The predicted molar refractivity (Wildman–Crippen MR) is 111 cm³/mol. The third-order valence-corrected chi connectivity index (χ3v) is 5.57. The number of fused-ring (bicyclic) bond motifs is 1. The van der Waals surface area contributed by atoms with Crippen LogP contribution in [0, 0.1) is 0 Å². The van der Waals surface area contributed by atoms with E-state index < -0.39 is 0 Å². The zero-order valence-corrected chi connectivity index (χ0v) is 16.5. The topological polar surface area (TPSA) is 61.0 Å². The minimum Gasteiger partial charge on any atom is -0.352 e. The third kappa shape index (κ3) is 4.28. The molecule has 138 valence electrons. The molecule has 1 aromatic heterocycles. The van der Waals surface area contributed by atoms with Crippen molar-refractivity contribution in [2.24, 2.45) is 0 Å². The molecule has 0 amide bonds. The second kappa shape index (κ2) is 8.06. The van der Waals surface area contributed by atoms with E-state index in [9.17, 15) is 4.79 Å². The zero-order valence-electron chi connectivity index (χ0n) is 14.9. The number of aromatic nitrogens is 2. The van der Waals surface area contributed by atoms with Crippen LogP contribution in [0.1, 0.15) is 22.4 Å². The van der Waals surface area contributed by atoms with Crippen molar-refractivity contribution in [3.8, 4) is 0 Å². The number of hydrogen-bond donors (Lipinski definition) is 2. The van der Waals surface area contributed by atoms with Crippen molar-refractivity contribution in [3.63, 3.8) is 0 Å². The zero-order chi connectivity index (χ0) is 18.6. The molecule has 0 spiro atoms. The second-order valence-corrected chi connectivity index (χ2v) is 7.59. The number of aromatic amines is 1. The molecule has 27 heavy (non-hydrogen) atoms. The van der Waals surface area contributed by atoms with Gasteiger partial charge in [0.2, 0.25) is 5.95 Å². The van der Waals surface area contributed by atoms with Crippen LogP contribution in [0.4, 0.5) is 5.95 Å². The van der Waals surface area contributed by atoms with Crippen LogP contribution in [0.5, 0.6) is 0 Å². The van der Waals surface area contributed by atoms with Gasteiger partial charge in [0.15, 0.2) is 0 Å². The monoisotopic (exact) mass is 424 g/mol. The smallest absolute Gasteiger partial charge is 0.257 e. The molecule has 3 aromatic rings. The van der Waals surface area contributed by atoms with E-state index in [4.69, 9.17) is 0 Å². The fraction of sp³-hybridized carbons (Fsp3) is 0.238. The largest absolute Gasteiger partial charge is 0.352 e. The van der Waals surface area contributed by atoms with Gasteiger partial charge in [-0.2, -0.15) is 0 Å². The number of nitrogens with one attached hydrogen (secondary N) is 2. The fourth-order valence-electron chi connectivity index (χ4n) is 3.36. The first-order valence-corrected chi connectivity index (χ1v) is 9.84. The summed E-state index contributed by atoms with van der Waals surface area (Å²) in [5.74, 6) is 0.533. The molecule has 0 saturated carbocycles. The minimum atomic E-state index is -0.0487. The summed E-state index contributed by atoms with van der Waals surface area (Å²) >= 11 is 3.54. The van der Waals surface area contributed by atoms with Gasteiger partial charge in [0.25, 0.3) is 5.56 Å². The Kier molecular flexibility index (Phi) is 5.36. The number of hydrogen-bond acceptors (Lipinski definition) is 4. The van der Waals surface area contributed by atoms with Gasteiger partial charge in [-0.15, -0.1) is 0 Å². The highest BCUT2D eigenvalue weighted by molar-refractivity contribution is 9.10. The van der Waals surface area contributed by atoms with E-state index in [1.165, 1.54) is 5.56 Å². The van der Waals surface area contributed by atoms with Crippen molar-refractivity contribution in [2.75, 3.05) is 11.9 Å². The highest BCUT2D eigenvalue weighted by Gasteiger charge is 2.21. The van der Waals surface area contributed by atoms with E-state index in [0.717, 1.165) is 40.8 Å². The normalized spacial score (nSPS) is 14.0. The van der Waals surface area contributed by atoms with Crippen molar-refractivity contribution in [2.45, 2.75) is 26.1 Å². The number of benzene rings is 2. The number of H-pyrrole nitrogens is 1. The van der Waals surface area contributed by atoms with Gasteiger partial charge in [-0.3, -0.25) is 14.7 Å². The van der Waals surface area contributed by atoms with E-state index in [-0.39, 0.29) is 5.56 Å². The second-order valence-electron chi connectivity index (χ2n) is 6.73. The molecule has 2 aromatic carbocycles. The molecule has 0 unspecified atom stereocenters. The van der Waals surface area contributed by atoms with E-state index in [0.29, 0.717) is 19.0 Å². The summed E-state index contributed by atoms with van der Waals surface area (Å²) in [6.07, 6.45) is 0.787. The molecule has 0 saturated heterocycles. The first kappa shape index (κ1) is 17.9. The first-order chi connectivity index (χ1) is 13.2. The van der Waals surface area contributed by atoms with Crippen LogP contribution >= 0.6 is 15.9 Å². The Hall–Kier alpha value is -2.44. The minimum absolute atomic E-state index is 0.0487. The lowest BCUT2D eigenvalue weighted by molar-refractivity contribution is 0.242. The fourth-order valence-corrected chi connectivity index (χ4v) is 3.79. The molecule has 2 heterocycles. The van der Waals surface area contributed by atoms with Crippen LogP contribution < -0.4 is 10.9 Å². The Morgan fingerprint density at radius 1 is 1.11 bits per heavy atom. The third-order valence-electron chi connectivity index (χ3n) is 4.80. The molecular weight excluding hydrogens is 404 g/mol. The van der Waals surface area contributed by atoms with Crippen molar-refractivity contribution in [1.29, 1.82) is 0 Å². The van der Waals surface area contributed by atoms with E-state index in [1.807, 2.05) is 42.5 Å². The maximum absolute atomic E-state index is 12.6. The average molecular weight is 425 g/mol. The number of nitrogens with zero attached hydrogens (tertiary/aromatic N) is 2. The maximum Gasteiger partial charge on any atom is 0.257 e. The summed E-state index contributed by atoms with van der Waals surface area (Å²) in [6.45, 7) is 2.99. The number of rotatable bonds is 5. The molecular formula is C21H21BrN4O. The Labute approximate surface area is 166 Å². The molecule has 4 rings (SSSR count). The van der Waals surface area contributed by atoms with Crippen molar-refractivity contribution in [1.82, 2.24) is 14.9 Å². The van der Waals surface area contributed by atoms with Gasteiger partial charge < -0.3 is 5.32 Å². The summed E-state index contributed by atoms with van der Waals surface area (Å²) in [5, 5.41) is 3.23. The van der Waals surface area contributed by atoms with Crippen molar-refractivity contribution < 1.29 is 0 Å². The Morgan fingerprint density at radius 2 is 1.89 bits per heavy atom. The van der Waals surface area contributed by atoms with Gasteiger partial charge in [-0.05, 0) is 17.2 Å². The summed E-state index contributed by atoms with van der Waals surface area (Å²) in [4.78, 5) is 22.4. The SMILES string of the molecule is O=c1[nH]c(NCc2ccccc2Br)nc2c1CN(Cc1ccccc1)CC2. The van der Waals surface area contributed by atoms with Crippen molar-refractivity contribution >= 4 is 21.9 Å². The van der Waals surface area contributed by atoms with Gasteiger partial charge in [-0.1, -0.05) is 64.5 Å². The standard InChI is InChI=1S/C21H21BrN4O/c22-18-9-5-4-8-16(18)12-23-21-24-19-10-11-26(14-17(19)20(27)25-21)13-15-6-2-1-3-7-15/h1-9H,10-14H2,(H2,23,24,25,27). The number of halogens is 1. The molecule has 0 fully saturated rings. The van der Waals surface area contributed by atoms with E-state index in [1.54, 1.807) is 0 Å². The van der Waals surface area contributed by atoms with Crippen LogP contribution in [0.15, 0.2) is 63.9 Å². The van der Waals surface area contributed by atoms with Gasteiger partial charge in [0.1, 0.15) is 0 Å². The molecule has 0 aliphatic carbocycles. The molecule has 0 bridgehead atoms. The molecule has 1 aliphatic heterocycles. The lowest BCUT2D eigenvalue weighted by Crippen LogP contribution is -2.35. The molecule has 1 aliphatic rings. The van der Waals surface area contributed by atoms with Crippen LogP contribution in [-0.2, 0) is 26.1 Å². The van der Waals surface area contributed by atoms with Crippen molar-refractivity contribution in [3.05, 3.63) is 91.8 Å². The van der Waals surface area contributed by atoms with Gasteiger partial charge in [0.05, 0.1) is 11.3 Å². The van der Waals surface area contributed by atoms with E-state index >= 15 is 0 Å². The van der Waals surface area contributed by atoms with Gasteiger partial charge >= 0.3 is 0 Å². The Balaban J connectivity index is 1.46. The van der Waals surface area contributed by atoms with Gasteiger partial charge in [-0.25, -0.2) is 4.98 Å². The highest BCUT2D eigenvalue weighted by atomic mass is 79.9. The van der Waals surface area contributed by atoms with Crippen LogP contribution in [0.3, 0.4) is 0 Å². The lowest BCUT2D eigenvalue weighted by atomic mass is 10.1. The quantitative estimate of drug-likeness (QED) is 0.655. The first-order valence-electron chi connectivity index (χ1n) is 9.04. The summed E-state index contributed by atoms with van der Waals surface area (Å²) in [7, 11) is 0. The molecule has 0 radical (unpaired) electrons. The summed E-state index contributed by atoms with van der Waals surface area (Å²) in [5.41, 5.74) is 4.01. The lowest BCUT2D eigenvalue weighted by Gasteiger charge is -2.27. The Morgan fingerprint density at radius 3 is 2.70 bits per heavy atom. The predicted octanol–water partition coefficient (Wildman–Crippen LogP) is 3.70. The van der Waals surface area contributed by atoms with E-state index in [2.05, 4.69) is 48.2 Å². The van der Waals surface area contributed by atoms with Crippen LogP contribution in [0.2, 0.25) is 0 Å². The van der Waals surface area contributed by atoms with Crippen LogP contribution in [-0.4, -0.2) is 21.4 Å². The average Bonchev–Trinajstić information content (AvgIpc) is 2.69. The highest BCUT2D eigenvalue weighted by Crippen LogP contribution is 2.19. The summed E-state index contributed by atoms with van der Waals surface area (Å²) in [6, 6.07) is 18.4. The molecule has 2 N–H and O–H groups in total. The van der Waals surface area contributed by atoms with Crippen LogP contribution in [0.25, 0.3) is 0 Å². The Bertz CT molecular complexity index is 987. The molecule has 0 atom stereocenters. The van der Waals surface area contributed by atoms with Gasteiger partial charge in [0, 0.05) is 37.1 Å². The summed E-state index contributed by atoms with van der Waals surface area (Å²) < 4.78 is 1.04. The maximum atomic E-state index is 12.6. The number of anilines is 1. The molecule has 5 nitrogen and oxygen atoms in total.